The number of amides is 1. The van der Waals surface area contributed by atoms with Crippen molar-refractivity contribution in [2.24, 2.45) is 0 Å². The first kappa shape index (κ1) is 16.4. The number of nitrogens with zero attached hydrogens (tertiary/aromatic N) is 4. The van der Waals surface area contributed by atoms with E-state index in [9.17, 15) is 4.79 Å². The molecule has 0 bridgehead atoms. The highest BCUT2D eigenvalue weighted by molar-refractivity contribution is 7.98. The van der Waals surface area contributed by atoms with E-state index in [-0.39, 0.29) is 5.91 Å². The normalized spacial score (nSPS) is 12.1. The van der Waals surface area contributed by atoms with E-state index >= 15 is 0 Å². The summed E-state index contributed by atoms with van der Waals surface area (Å²) in [4.78, 5) is 24.4. The summed E-state index contributed by atoms with van der Waals surface area (Å²) in [7, 11) is 1.61. The molecule has 0 unspecified atom stereocenters. The Morgan fingerprint density at radius 3 is 2.82 bits per heavy atom. The number of methoxy groups -OCH3 is 1. The summed E-state index contributed by atoms with van der Waals surface area (Å²) in [6.45, 7) is 2.28. The smallest absolute Gasteiger partial charge is 0.255 e. The molecular weight excluding hydrogens is 306 g/mol. The predicted octanol–water partition coefficient (Wildman–Crippen LogP) is 1.26. The molecule has 2 aromatic rings. The average molecular weight is 323 g/mol. The maximum absolute atomic E-state index is 12.1. The molecule has 118 valence electrons. The second kappa shape index (κ2) is 7.85. The number of rotatable bonds is 7. The topological polar surface area (TPSA) is 103 Å². The molecule has 0 spiro atoms. The first-order valence-electron chi connectivity index (χ1n) is 6.62. The molecule has 0 aliphatic heterocycles. The van der Waals surface area contributed by atoms with Crippen molar-refractivity contribution in [3.8, 4) is 0 Å². The van der Waals surface area contributed by atoms with Crippen molar-refractivity contribution in [3.05, 3.63) is 29.7 Å². The number of nitrogens with one attached hydrogen (secondary N) is 1. The molecule has 0 fully saturated rings. The fraction of sp³-hybridized carbons (Fsp3) is 0.462. The maximum Gasteiger partial charge on any atom is 0.255 e. The number of hydrogen-bond donors (Lipinski definition) is 1. The Bertz CT molecular complexity index is 616. The molecule has 0 saturated heterocycles. The highest BCUT2D eigenvalue weighted by atomic mass is 32.2. The molecule has 2 rings (SSSR count). The van der Waals surface area contributed by atoms with E-state index in [1.807, 2.05) is 6.26 Å². The van der Waals surface area contributed by atoms with Crippen molar-refractivity contribution in [1.82, 2.24) is 25.4 Å². The molecule has 0 aliphatic rings. The lowest BCUT2D eigenvalue weighted by Crippen LogP contribution is -2.27. The van der Waals surface area contributed by atoms with Crippen LogP contribution in [0, 0.1) is 0 Å². The highest BCUT2D eigenvalue weighted by Gasteiger charge is 2.18. The zero-order valence-corrected chi connectivity index (χ0v) is 13.4. The van der Waals surface area contributed by atoms with Crippen LogP contribution in [0.5, 0.6) is 0 Å². The molecule has 1 atom stereocenters. The number of aromatic nitrogens is 4. The van der Waals surface area contributed by atoms with Gasteiger partial charge in [-0.1, -0.05) is 16.9 Å². The predicted molar refractivity (Wildman–Crippen MR) is 79.6 cm³/mol. The molecule has 0 saturated carbocycles. The van der Waals surface area contributed by atoms with Crippen LogP contribution in [0.3, 0.4) is 0 Å². The van der Waals surface area contributed by atoms with Crippen LogP contribution in [0.1, 0.15) is 35.0 Å². The summed E-state index contributed by atoms with van der Waals surface area (Å²) >= 11 is 1.41. The molecule has 1 amide bonds. The number of ether oxygens (including phenoxy) is 1. The van der Waals surface area contributed by atoms with Gasteiger partial charge in [-0.05, 0) is 13.2 Å². The lowest BCUT2D eigenvalue weighted by Gasteiger charge is -2.09. The van der Waals surface area contributed by atoms with Gasteiger partial charge in [0.25, 0.3) is 5.91 Å². The van der Waals surface area contributed by atoms with Gasteiger partial charge in [-0.3, -0.25) is 4.79 Å². The number of carbonyl (C=O) groups is 1. The van der Waals surface area contributed by atoms with E-state index in [2.05, 4.69) is 25.4 Å². The van der Waals surface area contributed by atoms with Crippen molar-refractivity contribution in [3.63, 3.8) is 0 Å². The summed E-state index contributed by atoms with van der Waals surface area (Å²) in [5, 5.41) is 7.21. The minimum atomic E-state index is -0.406. The minimum Gasteiger partial charge on any atom is -0.384 e. The first-order valence-corrected chi connectivity index (χ1v) is 7.84. The number of carbonyl (C=O) groups excluding carboxylic acids is 1. The van der Waals surface area contributed by atoms with Gasteiger partial charge < -0.3 is 14.6 Å². The summed E-state index contributed by atoms with van der Waals surface area (Å²) in [5.74, 6) is 0.600. The van der Waals surface area contributed by atoms with Gasteiger partial charge in [0.2, 0.25) is 5.89 Å². The van der Waals surface area contributed by atoms with Crippen molar-refractivity contribution >= 4 is 17.7 Å². The molecule has 8 nitrogen and oxygen atoms in total. The van der Waals surface area contributed by atoms with Crippen LogP contribution in [-0.2, 0) is 11.2 Å². The molecule has 2 heterocycles. The van der Waals surface area contributed by atoms with Crippen molar-refractivity contribution in [2.75, 3.05) is 20.0 Å². The van der Waals surface area contributed by atoms with E-state index in [0.717, 1.165) is 0 Å². The third-order valence-corrected chi connectivity index (χ3v) is 3.38. The van der Waals surface area contributed by atoms with Crippen LogP contribution in [0.4, 0.5) is 0 Å². The zero-order chi connectivity index (χ0) is 15.9. The molecule has 1 N–H and O–H groups in total. The van der Waals surface area contributed by atoms with Crippen LogP contribution in [0.2, 0.25) is 0 Å². The fourth-order valence-electron chi connectivity index (χ4n) is 1.62. The lowest BCUT2D eigenvalue weighted by atomic mass is 10.2. The van der Waals surface area contributed by atoms with Gasteiger partial charge in [0.1, 0.15) is 6.04 Å². The van der Waals surface area contributed by atoms with Crippen molar-refractivity contribution < 1.29 is 14.1 Å². The Hall–Kier alpha value is -2.00. The van der Waals surface area contributed by atoms with Gasteiger partial charge in [0.15, 0.2) is 11.0 Å². The largest absolute Gasteiger partial charge is 0.384 e. The van der Waals surface area contributed by atoms with Gasteiger partial charge in [-0.25, -0.2) is 9.97 Å². The second-order valence-electron chi connectivity index (χ2n) is 4.45. The number of hydrogen-bond acceptors (Lipinski definition) is 8. The van der Waals surface area contributed by atoms with Gasteiger partial charge in [0.05, 0.1) is 12.2 Å². The van der Waals surface area contributed by atoms with Crippen molar-refractivity contribution in [2.45, 2.75) is 24.5 Å². The molecule has 22 heavy (non-hydrogen) atoms. The molecule has 2 aromatic heterocycles. The molecular formula is C13H17N5O3S. The SMILES string of the molecule is COCCc1noc([C@@H](C)NC(=O)c2cnc(SC)nc2)n1. The third-order valence-electron chi connectivity index (χ3n) is 2.80. The van der Waals surface area contributed by atoms with E-state index in [4.69, 9.17) is 9.26 Å². The first-order chi connectivity index (χ1) is 10.6. The van der Waals surface area contributed by atoms with E-state index in [1.165, 1.54) is 24.2 Å². The van der Waals surface area contributed by atoms with Gasteiger partial charge in [-0.15, -0.1) is 0 Å². The average Bonchev–Trinajstić information content (AvgIpc) is 3.02. The Morgan fingerprint density at radius 2 is 2.18 bits per heavy atom. The van der Waals surface area contributed by atoms with Gasteiger partial charge >= 0.3 is 0 Å². The lowest BCUT2D eigenvalue weighted by molar-refractivity contribution is 0.0931. The Labute approximate surface area is 132 Å². The zero-order valence-electron chi connectivity index (χ0n) is 12.6. The molecule has 9 heteroatoms. The van der Waals surface area contributed by atoms with E-state index in [0.29, 0.717) is 35.5 Å². The molecule has 0 aromatic carbocycles. The monoisotopic (exact) mass is 323 g/mol. The summed E-state index contributed by atoms with van der Waals surface area (Å²) in [6.07, 6.45) is 5.40. The summed E-state index contributed by atoms with van der Waals surface area (Å²) in [6, 6.07) is -0.406. The quantitative estimate of drug-likeness (QED) is 0.600. The van der Waals surface area contributed by atoms with E-state index < -0.39 is 6.04 Å². The minimum absolute atomic E-state index is 0.295. The van der Waals surface area contributed by atoms with E-state index in [1.54, 1.807) is 14.0 Å². The Balaban J connectivity index is 1.96. The van der Waals surface area contributed by atoms with Crippen LogP contribution >= 0.6 is 11.8 Å². The summed E-state index contributed by atoms with van der Waals surface area (Å²) in [5.41, 5.74) is 0.378. The van der Waals surface area contributed by atoms with Crippen LogP contribution < -0.4 is 5.32 Å². The Kier molecular flexibility index (Phi) is 5.84. The molecule has 0 radical (unpaired) electrons. The fourth-order valence-corrected chi connectivity index (χ4v) is 1.94. The third kappa shape index (κ3) is 4.25. The van der Waals surface area contributed by atoms with Gasteiger partial charge in [0, 0.05) is 25.9 Å². The van der Waals surface area contributed by atoms with Crippen molar-refractivity contribution in [1.29, 1.82) is 0 Å². The maximum atomic E-state index is 12.1. The number of thioether (sulfide) groups is 1. The van der Waals surface area contributed by atoms with Crippen LogP contribution in [-0.4, -0.2) is 46.0 Å². The highest BCUT2D eigenvalue weighted by Crippen LogP contribution is 2.12. The van der Waals surface area contributed by atoms with Crippen LogP contribution in [0.15, 0.2) is 22.1 Å². The molecule has 0 aliphatic carbocycles. The second-order valence-corrected chi connectivity index (χ2v) is 5.22. The summed E-state index contributed by atoms with van der Waals surface area (Å²) < 4.78 is 10.1. The standard InChI is InChI=1S/C13H17N5O3S/c1-8(12-17-10(18-21-12)4-5-20-2)16-11(19)9-6-14-13(22-3)15-7-9/h6-8H,4-5H2,1-3H3,(H,16,19)/t8-/m1/s1. The van der Waals surface area contributed by atoms with Gasteiger partial charge in [-0.2, -0.15) is 4.98 Å². The van der Waals surface area contributed by atoms with Crippen LogP contribution in [0.25, 0.3) is 0 Å². The Morgan fingerprint density at radius 1 is 1.45 bits per heavy atom.